The molecule has 4 rings (SSSR count). The predicted octanol–water partition coefficient (Wildman–Crippen LogP) is 3.69. The van der Waals surface area contributed by atoms with Crippen LogP contribution in [0.15, 0.2) is 58.0 Å². The number of amides is 3. The maximum atomic E-state index is 12.7. The first-order chi connectivity index (χ1) is 17.2. The van der Waals surface area contributed by atoms with Crippen LogP contribution in [0.1, 0.15) is 61.0 Å². The van der Waals surface area contributed by atoms with Gasteiger partial charge in [0.25, 0.3) is 17.5 Å². The Hall–Kier alpha value is -4.51. The molecule has 11 nitrogen and oxygen atoms in total. The number of non-ortho nitro benzene ring substituents is 1. The molecule has 0 bridgehead atoms. The summed E-state index contributed by atoms with van der Waals surface area (Å²) >= 11 is 5.82. The number of hydrazone groups is 1. The Morgan fingerprint density at radius 1 is 1.00 bits per heavy atom. The Bertz CT molecular complexity index is 1400. The van der Waals surface area contributed by atoms with Gasteiger partial charge in [0, 0.05) is 45.8 Å². The maximum absolute atomic E-state index is 12.7. The lowest BCUT2D eigenvalue weighted by atomic mass is 9.93. The van der Waals surface area contributed by atoms with Crippen molar-refractivity contribution in [1.82, 2.24) is 16.3 Å². The van der Waals surface area contributed by atoms with Crippen molar-refractivity contribution in [3.05, 3.63) is 97.4 Å². The zero-order chi connectivity index (χ0) is 25.8. The molecule has 0 atom stereocenters. The van der Waals surface area contributed by atoms with E-state index in [0.717, 1.165) is 6.07 Å². The van der Waals surface area contributed by atoms with Gasteiger partial charge in [-0.1, -0.05) is 17.7 Å². The van der Waals surface area contributed by atoms with Crippen LogP contribution < -0.4 is 16.3 Å². The third-order valence-electron chi connectivity index (χ3n) is 5.54. The number of nitro groups is 1. The number of furan rings is 1. The fourth-order valence-electron chi connectivity index (χ4n) is 3.78. The van der Waals surface area contributed by atoms with Gasteiger partial charge in [0.15, 0.2) is 5.76 Å². The molecule has 12 heteroatoms. The quantitative estimate of drug-likeness (QED) is 0.351. The van der Waals surface area contributed by atoms with Crippen molar-refractivity contribution in [3.8, 4) is 0 Å². The number of aryl methyl sites for hydroxylation is 1. The SMILES string of the molecule is Cc1c(C(=O)NNC(=O)c2ccc(Cl)cc2)oc2c1/C(=N/NC(=O)c1cccc([N+](=O)[O-])c1)CCC2. The number of hydrogen-bond donors (Lipinski definition) is 3. The van der Waals surface area contributed by atoms with Gasteiger partial charge in [-0.25, -0.2) is 5.43 Å². The van der Waals surface area contributed by atoms with Crippen molar-refractivity contribution in [2.45, 2.75) is 26.2 Å². The number of rotatable bonds is 5. The fourth-order valence-corrected chi connectivity index (χ4v) is 3.91. The summed E-state index contributed by atoms with van der Waals surface area (Å²) in [5, 5.41) is 15.6. The van der Waals surface area contributed by atoms with E-state index in [9.17, 15) is 24.5 Å². The molecule has 2 aromatic carbocycles. The van der Waals surface area contributed by atoms with E-state index >= 15 is 0 Å². The van der Waals surface area contributed by atoms with Crippen LogP contribution in [0, 0.1) is 17.0 Å². The summed E-state index contributed by atoms with van der Waals surface area (Å²) in [5.74, 6) is -1.24. The van der Waals surface area contributed by atoms with Crippen molar-refractivity contribution in [3.63, 3.8) is 0 Å². The highest BCUT2D eigenvalue weighted by atomic mass is 35.5. The number of nitrogens with one attached hydrogen (secondary N) is 3. The molecule has 3 N–H and O–H groups in total. The van der Waals surface area contributed by atoms with Crippen LogP contribution in [0.4, 0.5) is 5.69 Å². The van der Waals surface area contributed by atoms with E-state index in [1.165, 1.54) is 30.3 Å². The minimum Gasteiger partial charge on any atom is -0.455 e. The average Bonchev–Trinajstić information content (AvgIpc) is 3.23. The van der Waals surface area contributed by atoms with E-state index < -0.39 is 22.6 Å². The molecule has 3 amide bonds. The largest absolute Gasteiger partial charge is 0.455 e. The Kier molecular flexibility index (Phi) is 7.11. The van der Waals surface area contributed by atoms with Crippen molar-refractivity contribution < 1.29 is 23.7 Å². The summed E-state index contributed by atoms with van der Waals surface area (Å²) in [5.41, 5.74) is 8.90. The third kappa shape index (κ3) is 5.26. The lowest BCUT2D eigenvalue weighted by Crippen LogP contribution is -2.41. The van der Waals surface area contributed by atoms with Crippen LogP contribution in [-0.2, 0) is 6.42 Å². The van der Waals surface area contributed by atoms with Crippen LogP contribution in [-0.4, -0.2) is 28.4 Å². The van der Waals surface area contributed by atoms with Crippen molar-refractivity contribution in [1.29, 1.82) is 0 Å². The zero-order valence-electron chi connectivity index (χ0n) is 19.0. The monoisotopic (exact) mass is 509 g/mol. The number of hydrogen-bond acceptors (Lipinski definition) is 7. The van der Waals surface area contributed by atoms with E-state index in [-0.39, 0.29) is 17.0 Å². The molecular formula is C24H20ClN5O6. The predicted molar refractivity (Wildman–Crippen MR) is 130 cm³/mol. The Balaban J connectivity index is 1.48. The van der Waals surface area contributed by atoms with E-state index in [1.54, 1.807) is 19.1 Å². The molecule has 0 aliphatic heterocycles. The summed E-state index contributed by atoms with van der Waals surface area (Å²) in [6, 6.07) is 11.5. The second-order valence-electron chi connectivity index (χ2n) is 7.93. The van der Waals surface area contributed by atoms with Crippen LogP contribution in [0.2, 0.25) is 5.02 Å². The molecule has 1 aliphatic rings. The van der Waals surface area contributed by atoms with Crippen LogP contribution in [0.25, 0.3) is 0 Å². The molecule has 3 aromatic rings. The first kappa shape index (κ1) is 24.6. The molecule has 0 saturated heterocycles. The standard InChI is InChI=1S/C24H20ClN5O6/c1-13-20-18(26-27-23(32)15-4-2-5-17(12-15)30(34)35)6-3-7-19(20)36-21(13)24(33)29-28-22(31)14-8-10-16(25)11-9-14/h2,4-5,8-12H,3,6-7H2,1H3,(H,27,32)(H,28,31)(H,29,33)/b26-18+. The summed E-state index contributed by atoms with van der Waals surface area (Å²) in [7, 11) is 0. The van der Waals surface area contributed by atoms with Crippen molar-refractivity contribution >= 4 is 40.7 Å². The number of carbonyl (C=O) groups is 3. The minimum atomic E-state index is -0.649. The number of fused-ring (bicyclic) bond motifs is 1. The summed E-state index contributed by atoms with van der Waals surface area (Å²) in [6.45, 7) is 1.68. The molecule has 1 aromatic heterocycles. The zero-order valence-corrected chi connectivity index (χ0v) is 19.7. The van der Waals surface area contributed by atoms with Gasteiger partial charge in [-0.15, -0.1) is 0 Å². The number of nitro benzene ring substituents is 1. The number of nitrogens with zero attached hydrogens (tertiary/aromatic N) is 2. The van der Waals surface area contributed by atoms with Gasteiger partial charge in [-0.3, -0.25) is 35.3 Å². The second-order valence-corrected chi connectivity index (χ2v) is 8.37. The van der Waals surface area contributed by atoms with Gasteiger partial charge in [-0.2, -0.15) is 5.10 Å². The highest BCUT2D eigenvalue weighted by Gasteiger charge is 2.28. The van der Waals surface area contributed by atoms with E-state index in [4.69, 9.17) is 16.0 Å². The topological polar surface area (TPSA) is 156 Å². The van der Waals surface area contributed by atoms with E-state index in [0.29, 0.717) is 52.4 Å². The minimum absolute atomic E-state index is 0.0102. The average molecular weight is 510 g/mol. The normalized spacial score (nSPS) is 13.6. The van der Waals surface area contributed by atoms with Crippen LogP contribution >= 0.6 is 11.6 Å². The number of benzene rings is 2. The van der Waals surface area contributed by atoms with Crippen molar-refractivity contribution in [2.75, 3.05) is 0 Å². The van der Waals surface area contributed by atoms with Gasteiger partial charge < -0.3 is 4.42 Å². The Morgan fingerprint density at radius 2 is 1.72 bits per heavy atom. The van der Waals surface area contributed by atoms with Gasteiger partial charge in [0.2, 0.25) is 0 Å². The highest BCUT2D eigenvalue weighted by molar-refractivity contribution is 6.30. The summed E-state index contributed by atoms with van der Waals surface area (Å²) in [4.78, 5) is 47.8. The lowest BCUT2D eigenvalue weighted by molar-refractivity contribution is -0.384. The van der Waals surface area contributed by atoms with E-state index in [2.05, 4.69) is 21.4 Å². The molecule has 0 unspecified atom stereocenters. The van der Waals surface area contributed by atoms with Crippen LogP contribution in [0.3, 0.4) is 0 Å². The second kappa shape index (κ2) is 10.4. The summed E-state index contributed by atoms with van der Waals surface area (Å²) in [6.07, 6.45) is 1.77. The van der Waals surface area contributed by atoms with Crippen molar-refractivity contribution in [2.24, 2.45) is 5.10 Å². The molecule has 184 valence electrons. The van der Waals surface area contributed by atoms with Gasteiger partial charge in [-0.05, 0) is 50.1 Å². The first-order valence-electron chi connectivity index (χ1n) is 10.8. The maximum Gasteiger partial charge on any atom is 0.305 e. The first-order valence-corrected chi connectivity index (χ1v) is 11.2. The number of hydrazine groups is 1. The molecule has 1 aliphatic carbocycles. The fraction of sp³-hybridized carbons (Fsp3) is 0.167. The Morgan fingerprint density at radius 3 is 2.44 bits per heavy atom. The molecule has 0 radical (unpaired) electrons. The number of halogens is 1. The van der Waals surface area contributed by atoms with E-state index in [1.807, 2.05) is 0 Å². The third-order valence-corrected chi connectivity index (χ3v) is 5.79. The summed E-state index contributed by atoms with van der Waals surface area (Å²) < 4.78 is 5.77. The molecule has 1 heterocycles. The molecule has 36 heavy (non-hydrogen) atoms. The lowest BCUT2D eigenvalue weighted by Gasteiger charge is -2.13. The molecule has 0 saturated carbocycles. The highest BCUT2D eigenvalue weighted by Crippen LogP contribution is 2.30. The molecule has 0 fully saturated rings. The van der Waals surface area contributed by atoms with Crippen LogP contribution in [0.5, 0.6) is 0 Å². The Labute approximate surface area is 209 Å². The van der Waals surface area contributed by atoms with Gasteiger partial charge in [0.1, 0.15) is 5.76 Å². The van der Waals surface area contributed by atoms with Gasteiger partial charge >= 0.3 is 5.91 Å². The smallest absolute Gasteiger partial charge is 0.305 e. The van der Waals surface area contributed by atoms with Gasteiger partial charge in [0.05, 0.1) is 10.6 Å². The molecule has 0 spiro atoms. The number of carbonyl (C=O) groups excluding carboxylic acids is 3. The molecular weight excluding hydrogens is 490 g/mol.